The molecule has 0 unspecified atom stereocenters. The van der Waals surface area contributed by atoms with Crippen LogP contribution in [-0.4, -0.2) is 27.5 Å². The molecular weight excluding hydrogens is 364 g/mol. The molecule has 0 aliphatic carbocycles. The Kier molecular flexibility index (Phi) is 6.41. The van der Waals surface area contributed by atoms with E-state index in [1.807, 2.05) is 6.92 Å². The van der Waals surface area contributed by atoms with Crippen LogP contribution in [0.3, 0.4) is 0 Å². The zero-order chi connectivity index (χ0) is 18.4. The molecule has 0 heterocycles. The van der Waals surface area contributed by atoms with Gasteiger partial charge in [0, 0.05) is 11.6 Å². The SMILES string of the molecule is CCOc1ccc(Cl)cc1C(=O)NCCc1ccc(S(N)(=O)=O)cc1. The van der Waals surface area contributed by atoms with Crippen LogP contribution in [0.15, 0.2) is 47.4 Å². The zero-order valence-electron chi connectivity index (χ0n) is 13.7. The molecule has 1 amide bonds. The lowest BCUT2D eigenvalue weighted by atomic mass is 10.1. The summed E-state index contributed by atoms with van der Waals surface area (Å²) in [6, 6.07) is 11.1. The van der Waals surface area contributed by atoms with Crippen LogP contribution in [0.5, 0.6) is 5.75 Å². The van der Waals surface area contributed by atoms with Gasteiger partial charge in [-0.2, -0.15) is 0 Å². The summed E-state index contributed by atoms with van der Waals surface area (Å²) in [4.78, 5) is 12.4. The van der Waals surface area contributed by atoms with Crippen LogP contribution in [0.2, 0.25) is 5.02 Å². The smallest absolute Gasteiger partial charge is 0.255 e. The molecule has 6 nitrogen and oxygen atoms in total. The Hall–Kier alpha value is -2.09. The van der Waals surface area contributed by atoms with Crippen LogP contribution in [0.1, 0.15) is 22.8 Å². The maximum Gasteiger partial charge on any atom is 0.255 e. The van der Waals surface area contributed by atoms with Gasteiger partial charge in [0.15, 0.2) is 0 Å². The summed E-state index contributed by atoms with van der Waals surface area (Å²) in [5.41, 5.74) is 1.25. The summed E-state index contributed by atoms with van der Waals surface area (Å²) >= 11 is 5.95. The van der Waals surface area contributed by atoms with Gasteiger partial charge in [-0.15, -0.1) is 0 Å². The van der Waals surface area contributed by atoms with Crippen LogP contribution in [0, 0.1) is 0 Å². The Morgan fingerprint density at radius 1 is 1.20 bits per heavy atom. The molecule has 0 saturated heterocycles. The van der Waals surface area contributed by atoms with E-state index < -0.39 is 10.0 Å². The van der Waals surface area contributed by atoms with Gasteiger partial charge in [-0.1, -0.05) is 23.7 Å². The van der Waals surface area contributed by atoms with E-state index in [1.165, 1.54) is 12.1 Å². The van der Waals surface area contributed by atoms with Crippen molar-refractivity contribution in [2.75, 3.05) is 13.2 Å². The van der Waals surface area contributed by atoms with Crippen molar-refractivity contribution in [1.82, 2.24) is 5.32 Å². The van der Waals surface area contributed by atoms with Gasteiger partial charge in [-0.3, -0.25) is 4.79 Å². The van der Waals surface area contributed by atoms with Crippen molar-refractivity contribution in [1.29, 1.82) is 0 Å². The van der Waals surface area contributed by atoms with E-state index in [9.17, 15) is 13.2 Å². The Balaban J connectivity index is 1.98. The van der Waals surface area contributed by atoms with E-state index in [0.29, 0.717) is 35.9 Å². The van der Waals surface area contributed by atoms with Gasteiger partial charge in [-0.05, 0) is 49.2 Å². The van der Waals surface area contributed by atoms with Crippen LogP contribution < -0.4 is 15.2 Å². The zero-order valence-corrected chi connectivity index (χ0v) is 15.2. The predicted molar refractivity (Wildman–Crippen MR) is 96.5 cm³/mol. The lowest BCUT2D eigenvalue weighted by Gasteiger charge is -2.11. The van der Waals surface area contributed by atoms with Gasteiger partial charge in [0.25, 0.3) is 5.91 Å². The first-order valence-corrected chi connectivity index (χ1v) is 9.56. The number of amides is 1. The Labute approximate surface area is 152 Å². The quantitative estimate of drug-likeness (QED) is 0.767. The van der Waals surface area contributed by atoms with Crippen LogP contribution in [0.25, 0.3) is 0 Å². The third-order valence-corrected chi connectivity index (χ3v) is 4.60. The Bertz CT molecular complexity index is 851. The second-order valence-electron chi connectivity index (χ2n) is 5.27. The molecule has 2 aromatic rings. The lowest BCUT2D eigenvalue weighted by Crippen LogP contribution is -2.26. The summed E-state index contributed by atoms with van der Waals surface area (Å²) < 4.78 is 27.9. The molecule has 0 radical (unpaired) electrons. The van der Waals surface area contributed by atoms with Gasteiger partial charge in [0.2, 0.25) is 10.0 Å². The summed E-state index contributed by atoms with van der Waals surface area (Å²) in [7, 11) is -3.70. The number of rotatable bonds is 7. The fourth-order valence-corrected chi connectivity index (χ4v) is 2.91. The summed E-state index contributed by atoms with van der Waals surface area (Å²) in [6.07, 6.45) is 0.543. The third kappa shape index (κ3) is 5.45. The summed E-state index contributed by atoms with van der Waals surface area (Å²) in [5, 5.41) is 8.30. The molecule has 0 aliphatic rings. The molecule has 0 saturated carbocycles. The fraction of sp³-hybridized carbons (Fsp3) is 0.235. The van der Waals surface area contributed by atoms with Crippen molar-refractivity contribution in [2.24, 2.45) is 5.14 Å². The van der Waals surface area contributed by atoms with E-state index in [0.717, 1.165) is 5.56 Å². The van der Waals surface area contributed by atoms with E-state index in [4.69, 9.17) is 21.5 Å². The first kappa shape index (κ1) is 19.2. The number of primary sulfonamides is 1. The van der Waals surface area contributed by atoms with Crippen LogP contribution in [0.4, 0.5) is 0 Å². The first-order chi connectivity index (χ1) is 11.8. The highest BCUT2D eigenvalue weighted by Gasteiger charge is 2.13. The highest BCUT2D eigenvalue weighted by atomic mass is 35.5. The number of nitrogens with one attached hydrogen (secondary N) is 1. The molecule has 25 heavy (non-hydrogen) atoms. The van der Waals surface area contributed by atoms with Crippen molar-refractivity contribution in [2.45, 2.75) is 18.2 Å². The number of carbonyl (C=O) groups is 1. The molecule has 8 heteroatoms. The molecule has 2 rings (SSSR count). The molecule has 134 valence electrons. The molecule has 2 aromatic carbocycles. The van der Waals surface area contributed by atoms with Crippen LogP contribution >= 0.6 is 11.6 Å². The minimum absolute atomic E-state index is 0.0561. The first-order valence-electron chi connectivity index (χ1n) is 7.63. The second kappa shape index (κ2) is 8.33. The van der Waals surface area contributed by atoms with Crippen molar-refractivity contribution < 1.29 is 17.9 Å². The average molecular weight is 383 g/mol. The molecule has 0 aliphatic heterocycles. The number of hydrogen-bond donors (Lipinski definition) is 2. The van der Waals surface area contributed by atoms with Crippen molar-refractivity contribution >= 4 is 27.5 Å². The topological polar surface area (TPSA) is 98.5 Å². The second-order valence-corrected chi connectivity index (χ2v) is 7.27. The number of benzene rings is 2. The van der Waals surface area contributed by atoms with Crippen LogP contribution in [-0.2, 0) is 16.4 Å². The largest absolute Gasteiger partial charge is 0.493 e. The van der Waals surface area contributed by atoms with E-state index >= 15 is 0 Å². The average Bonchev–Trinajstić information content (AvgIpc) is 2.56. The van der Waals surface area contributed by atoms with E-state index in [2.05, 4.69) is 5.32 Å². The number of hydrogen-bond acceptors (Lipinski definition) is 4. The van der Waals surface area contributed by atoms with Crippen molar-refractivity contribution in [3.8, 4) is 5.75 Å². The number of nitrogens with two attached hydrogens (primary N) is 1. The maximum atomic E-state index is 12.3. The Morgan fingerprint density at radius 3 is 2.48 bits per heavy atom. The normalized spacial score (nSPS) is 11.2. The molecule has 0 spiro atoms. The highest BCUT2D eigenvalue weighted by Crippen LogP contribution is 2.23. The molecule has 0 atom stereocenters. The summed E-state index contributed by atoms with van der Waals surface area (Å²) in [6.45, 7) is 2.66. The monoisotopic (exact) mass is 382 g/mol. The fourth-order valence-electron chi connectivity index (χ4n) is 2.22. The van der Waals surface area contributed by atoms with Gasteiger partial charge in [0.1, 0.15) is 5.75 Å². The molecule has 3 N–H and O–H groups in total. The number of carbonyl (C=O) groups excluding carboxylic acids is 1. The molecule has 0 aromatic heterocycles. The molecule has 0 fully saturated rings. The lowest BCUT2D eigenvalue weighted by molar-refractivity contribution is 0.0950. The maximum absolute atomic E-state index is 12.3. The minimum Gasteiger partial charge on any atom is -0.493 e. The van der Waals surface area contributed by atoms with E-state index in [1.54, 1.807) is 30.3 Å². The minimum atomic E-state index is -3.70. The van der Waals surface area contributed by atoms with Gasteiger partial charge in [0.05, 0.1) is 17.1 Å². The standard InChI is InChI=1S/C17H19ClN2O4S/c1-2-24-16-8-5-13(18)11-15(16)17(21)20-10-9-12-3-6-14(7-4-12)25(19,22)23/h3-8,11H,2,9-10H2,1H3,(H,20,21)(H2,19,22,23). The van der Waals surface area contributed by atoms with Gasteiger partial charge >= 0.3 is 0 Å². The predicted octanol–water partition coefficient (Wildman–Crippen LogP) is 2.36. The Morgan fingerprint density at radius 2 is 1.88 bits per heavy atom. The van der Waals surface area contributed by atoms with Gasteiger partial charge < -0.3 is 10.1 Å². The van der Waals surface area contributed by atoms with Crippen molar-refractivity contribution in [3.63, 3.8) is 0 Å². The highest BCUT2D eigenvalue weighted by molar-refractivity contribution is 7.89. The molecule has 0 bridgehead atoms. The van der Waals surface area contributed by atoms with Gasteiger partial charge in [-0.25, -0.2) is 13.6 Å². The summed E-state index contributed by atoms with van der Waals surface area (Å²) in [5.74, 6) is 0.189. The van der Waals surface area contributed by atoms with Crippen molar-refractivity contribution in [3.05, 3.63) is 58.6 Å². The number of ether oxygens (including phenoxy) is 1. The molecular formula is C17H19ClN2O4S. The number of halogens is 1. The van der Waals surface area contributed by atoms with E-state index in [-0.39, 0.29) is 10.8 Å². The number of sulfonamides is 1. The third-order valence-electron chi connectivity index (χ3n) is 3.44.